The monoisotopic (exact) mass is 344 g/mol. The number of amides is 1. The second-order valence-corrected chi connectivity index (χ2v) is 5.28. The molecule has 0 spiro atoms. The Morgan fingerprint density at radius 1 is 1.19 bits per heavy atom. The molecule has 0 aliphatic heterocycles. The predicted molar refractivity (Wildman–Crippen MR) is 83.4 cm³/mol. The van der Waals surface area contributed by atoms with Crippen LogP contribution in [0.2, 0.25) is 15.1 Å². The van der Waals surface area contributed by atoms with Crippen molar-refractivity contribution in [2.24, 2.45) is 0 Å². The Morgan fingerprint density at radius 2 is 1.86 bits per heavy atom. The first kappa shape index (κ1) is 15.9. The largest absolute Gasteiger partial charge is 0.497 e. The minimum Gasteiger partial charge on any atom is -0.497 e. The third kappa shape index (κ3) is 3.79. The Balaban J connectivity index is 2.06. The van der Waals surface area contributed by atoms with Gasteiger partial charge in [-0.2, -0.15) is 0 Å². The minimum atomic E-state index is -0.422. The SMILES string of the molecule is COc1ccc(CNC(=O)c2ncc(Cl)c(Cl)c2Cl)cc1. The lowest BCUT2D eigenvalue weighted by atomic mass is 10.2. The highest BCUT2D eigenvalue weighted by Gasteiger charge is 2.16. The third-order valence-electron chi connectivity index (χ3n) is 2.74. The molecule has 0 saturated carbocycles. The first-order valence-electron chi connectivity index (χ1n) is 5.93. The van der Waals surface area contributed by atoms with Crippen molar-refractivity contribution < 1.29 is 9.53 Å². The average molecular weight is 346 g/mol. The van der Waals surface area contributed by atoms with Crippen molar-refractivity contribution in [1.82, 2.24) is 10.3 Å². The number of nitrogens with one attached hydrogen (secondary N) is 1. The van der Waals surface area contributed by atoms with E-state index >= 15 is 0 Å². The van der Waals surface area contributed by atoms with Gasteiger partial charge in [0.2, 0.25) is 0 Å². The fourth-order valence-corrected chi connectivity index (χ4v) is 2.18. The molecule has 110 valence electrons. The quantitative estimate of drug-likeness (QED) is 0.912. The number of rotatable bonds is 4. The average Bonchev–Trinajstić information content (AvgIpc) is 2.51. The fourth-order valence-electron chi connectivity index (χ4n) is 1.61. The van der Waals surface area contributed by atoms with Crippen LogP contribution in [-0.4, -0.2) is 18.0 Å². The number of pyridine rings is 1. The topological polar surface area (TPSA) is 51.2 Å². The van der Waals surface area contributed by atoms with Gasteiger partial charge >= 0.3 is 0 Å². The summed E-state index contributed by atoms with van der Waals surface area (Å²) in [6.45, 7) is 0.334. The molecule has 1 heterocycles. The van der Waals surface area contributed by atoms with Crippen molar-refractivity contribution in [3.8, 4) is 5.75 Å². The summed E-state index contributed by atoms with van der Waals surface area (Å²) in [4.78, 5) is 15.9. The van der Waals surface area contributed by atoms with E-state index in [9.17, 15) is 4.79 Å². The number of nitrogens with zero attached hydrogens (tertiary/aromatic N) is 1. The van der Waals surface area contributed by atoms with Gasteiger partial charge in [0.05, 0.1) is 22.2 Å². The predicted octanol–water partition coefficient (Wildman–Crippen LogP) is 3.98. The zero-order valence-corrected chi connectivity index (χ0v) is 13.3. The number of carbonyl (C=O) groups excluding carboxylic acids is 1. The maximum absolute atomic E-state index is 12.0. The number of halogens is 3. The highest BCUT2D eigenvalue weighted by atomic mass is 35.5. The van der Waals surface area contributed by atoms with Crippen LogP contribution in [0.5, 0.6) is 5.75 Å². The lowest BCUT2D eigenvalue weighted by molar-refractivity contribution is 0.0946. The zero-order valence-electron chi connectivity index (χ0n) is 11.0. The summed E-state index contributed by atoms with van der Waals surface area (Å²) in [5.41, 5.74) is 0.958. The van der Waals surface area contributed by atoms with Gasteiger partial charge < -0.3 is 10.1 Å². The fraction of sp³-hybridized carbons (Fsp3) is 0.143. The Bertz CT molecular complexity index is 660. The van der Waals surface area contributed by atoms with Crippen LogP contribution < -0.4 is 10.1 Å². The number of carbonyl (C=O) groups is 1. The van der Waals surface area contributed by atoms with Gasteiger partial charge in [0.15, 0.2) is 0 Å². The molecule has 2 rings (SSSR count). The molecule has 1 aromatic carbocycles. The van der Waals surface area contributed by atoms with E-state index < -0.39 is 5.91 Å². The van der Waals surface area contributed by atoms with E-state index in [1.54, 1.807) is 7.11 Å². The summed E-state index contributed by atoms with van der Waals surface area (Å²) in [6.07, 6.45) is 1.29. The van der Waals surface area contributed by atoms with Crippen LogP contribution in [0.1, 0.15) is 16.1 Å². The summed E-state index contributed by atoms with van der Waals surface area (Å²) in [5, 5.41) is 3.07. The van der Waals surface area contributed by atoms with Crippen LogP contribution in [-0.2, 0) is 6.54 Å². The van der Waals surface area contributed by atoms with E-state index in [2.05, 4.69) is 10.3 Å². The summed E-state index contributed by atoms with van der Waals surface area (Å²) < 4.78 is 5.06. The van der Waals surface area contributed by atoms with Crippen molar-refractivity contribution in [1.29, 1.82) is 0 Å². The van der Waals surface area contributed by atoms with Crippen LogP contribution in [0, 0.1) is 0 Å². The standard InChI is InChI=1S/C14H11Cl3N2O2/c1-21-9-4-2-8(3-5-9)6-19-14(20)13-12(17)11(16)10(15)7-18-13/h2-5,7H,6H2,1H3,(H,19,20). The molecular weight excluding hydrogens is 335 g/mol. The van der Waals surface area contributed by atoms with Crippen molar-refractivity contribution in [2.45, 2.75) is 6.54 Å². The maximum atomic E-state index is 12.0. The molecule has 0 fully saturated rings. The number of aromatic nitrogens is 1. The van der Waals surface area contributed by atoms with Crippen LogP contribution in [0.25, 0.3) is 0 Å². The van der Waals surface area contributed by atoms with E-state index in [1.807, 2.05) is 24.3 Å². The van der Waals surface area contributed by atoms with E-state index in [1.165, 1.54) is 6.20 Å². The number of methoxy groups -OCH3 is 1. The smallest absolute Gasteiger partial charge is 0.271 e. The molecule has 1 N–H and O–H groups in total. The van der Waals surface area contributed by atoms with Crippen molar-refractivity contribution >= 4 is 40.7 Å². The van der Waals surface area contributed by atoms with E-state index in [0.717, 1.165) is 11.3 Å². The first-order valence-corrected chi connectivity index (χ1v) is 7.07. The van der Waals surface area contributed by atoms with Crippen LogP contribution in [0.4, 0.5) is 0 Å². The Morgan fingerprint density at radius 3 is 2.48 bits per heavy atom. The van der Waals surface area contributed by atoms with Gasteiger partial charge in [-0.25, -0.2) is 4.98 Å². The zero-order chi connectivity index (χ0) is 15.4. The molecule has 0 radical (unpaired) electrons. The number of hydrogen-bond acceptors (Lipinski definition) is 3. The molecule has 7 heteroatoms. The third-order valence-corrected chi connectivity index (χ3v) is 3.99. The lowest BCUT2D eigenvalue weighted by Crippen LogP contribution is -2.24. The molecule has 0 saturated heterocycles. The Labute approximate surface area is 137 Å². The summed E-state index contributed by atoms with van der Waals surface area (Å²) in [5.74, 6) is 0.327. The van der Waals surface area contributed by atoms with Crippen molar-refractivity contribution in [2.75, 3.05) is 7.11 Å². The molecule has 0 aliphatic rings. The first-order chi connectivity index (χ1) is 10.0. The summed E-state index contributed by atoms with van der Waals surface area (Å²) in [6, 6.07) is 7.32. The Hall–Kier alpha value is -1.49. The highest BCUT2D eigenvalue weighted by molar-refractivity contribution is 6.48. The maximum Gasteiger partial charge on any atom is 0.271 e. The second kappa shape index (κ2) is 6.98. The molecule has 4 nitrogen and oxygen atoms in total. The molecule has 1 amide bonds. The second-order valence-electron chi connectivity index (χ2n) is 4.11. The van der Waals surface area contributed by atoms with Crippen LogP contribution in [0.15, 0.2) is 30.5 Å². The normalized spacial score (nSPS) is 10.3. The van der Waals surface area contributed by atoms with E-state index in [0.29, 0.717) is 6.54 Å². The van der Waals surface area contributed by atoms with Crippen molar-refractivity contribution in [3.63, 3.8) is 0 Å². The van der Waals surface area contributed by atoms with Gasteiger partial charge in [0.1, 0.15) is 11.4 Å². The molecule has 0 bridgehead atoms. The molecule has 0 atom stereocenters. The molecule has 0 unspecified atom stereocenters. The summed E-state index contributed by atoms with van der Waals surface area (Å²) >= 11 is 17.6. The van der Waals surface area contributed by atoms with E-state index in [-0.39, 0.29) is 20.8 Å². The van der Waals surface area contributed by atoms with Gasteiger partial charge in [-0.3, -0.25) is 4.79 Å². The number of hydrogen-bond donors (Lipinski definition) is 1. The molecular formula is C14H11Cl3N2O2. The van der Waals surface area contributed by atoms with Crippen molar-refractivity contribution in [3.05, 3.63) is 56.8 Å². The number of ether oxygens (including phenoxy) is 1. The van der Waals surface area contributed by atoms with Gasteiger partial charge in [0, 0.05) is 12.7 Å². The van der Waals surface area contributed by atoms with Crippen LogP contribution >= 0.6 is 34.8 Å². The number of benzene rings is 1. The highest BCUT2D eigenvalue weighted by Crippen LogP contribution is 2.30. The van der Waals surface area contributed by atoms with Gasteiger partial charge in [-0.1, -0.05) is 46.9 Å². The molecule has 21 heavy (non-hydrogen) atoms. The lowest BCUT2D eigenvalue weighted by Gasteiger charge is -2.08. The Kier molecular flexibility index (Phi) is 5.28. The summed E-state index contributed by atoms with van der Waals surface area (Å²) in [7, 11) is 1.59. The molecule has 1 aromatic heterocycles. The van der Waals surface area contributed by atoms with Gasteiger partial charge in [-0.05, 0) is 17.7 Å². The van der Waals surface area contributed by atoms with Gasteiger partial charge in [-0.15, -0.1) is 0 Å². The van der Waals surface area contributed by atoms with Crippen LogP contribution in [0.3, 0.4) is 0 Å². The minimum absolute atomic E-state index is 0.0383. The molecule has 2 aromatic rings. The molecule has 0 aliphatic carbocycles. The van der Waals surface area contributed by atoms with Gasteiger partial charge in [0.25, 0.3) is 5.91 Å². The van der Waals surface area contributed by atoms with E-state index in [4.69, 9.17) is 39.5 Å².